The molecule has 36 heavy (non-hydrogen) atoms. The lowest BCUT2D eigenvalue weighted by atomic mass is 10.1. The van der Waals surface area contributed by atoms with Crippen molar-refractivity contribution < 1.29 is 4.79 Å². The second-order valence-electron chi connectivity index (χ2n) is 8.94. The van der Waals surface area contributed by atoms with Gasteiger partial charge >= 0.3 is 0 Å². The summed E-state index contributed by atoms with van der Waals surface area (Å²) < 4.78 is 0. The first kappa shape index (κ1) is 24.7. The third-order valence-corrected chi connectivity index (χ3v) is 5.76. The lowest BCUT2D eigenvalue weighted by molar-refractivity contribution is -0.116. The van der Waals surface area contributed by atoms with Crippen LogP contribution in [0.25, 0.3) is 0 Å². The predicted octanol–water partition coefficient (Wildman–Crippen LogP) is 6.03. The molecule has 0 saturated carbocycles. The molecule has 1 heterocycles. The second kappa shape index (κ2) is 10.9. The predicted molar refractivity (Wildman–Crippen MR) is 146 cm³/mol. The van der Waals surface area contributed by atoms with Crippen LogP contribution in [0.5, 0.6) is 0 Å². The van der Waals surface area contributed by atoms with Crippen molar-refractivity contribution in [1.29, 1.82) is 0 Å². The number of benzene rings is 3. The van der Waals surface area contributed by atoms with Crippen LogP contribution in [0, 0.1) is 27.7 Å². The summed E-state index contributed by atoms with van der Waals surface area (Å²) in [5, 5.41) is 12.5. The summed E-state index contributed by atoms with van der Waals surface area (Å²) in [4.78, 5) is 26.4. The summed E-state index contributed by atoms with van der Waals surface area (Å²) in [7, 11) is 0. The van der Waals surface area contributed by atoms with Crippen molar-refractivity contribution in [2.75, 3.05) is 21.3 Å². The minimum absolute atomic E-state index is 0.195. The third kappa shape index (κ3) is 6.56. The largest absolute Gasteiger partial charge is 0.342 e. The minimum Gasteiger partial charge on any atom is -0.342 e. The van der Waals surface area contributed by atoms with Gasteiger partial charge in [-0.2, -0.15) is 15.0 Å². The zero-order valence-electron chi connectivity index (χ0n) is 21.2. The molecule has 8 nitrogen and oxygen atoms in total. The molecule has 0 bridgehead atoms. The van der Waals surface area contributed by atoms with Crippen molar-refractivity contribution in [3.8, 4) is 0 Å². The van der Waals surface area contributed by atoms with E-state index in [-0.39, 0.29) is 11.9 Å². The first-order chi connectivity index (χ1) is 17.2. The molecule has 184 valence electrons. The number of nitrogens with zero attached hydrogens (tertiary/aromatic N) is 3. The molecule has 0 radical (unpaired) electrons. The molecule has 4 rings (SSSR count). The fourth-order valence-corrected chi connectivity index (χ4v) is 3.41. The molecule has 0 aliphatic heterocycles. The summed E-state index contributed by atoms with van der Waals surface area (Å²) in [5.41, 5.74) is 7.04. The summed E-state index contributed by atoms with van der Waals surface area (Å²) >= 11 is 0. The average molecular weight is 482 g/mol. The number of carbonyl (C=O) groups excluding carboxylic acids is 1. The van der Waals surface area contributed by atoms with E-state index < -0.39 is 6.04 Å². The van der Waals surface area contributed by atoms with Crippen molar-refractivity contribution in [2.45, 2.75) is 40.7 Å². The molecule has 1 amide bonds. The fourth-order valence-electron chi connectivity index (χ4n) is 3.41. The Morgan fingerprint density at radius 2 is 1.11 bits per heavy atom. The highest BCUT2D eigenvalue weighted by atomic mass is 16.2. The quantitative estimate of drug-likeness (QED) is 0.243. The maximum atomic E-state index is 12.9. The highest BCUT2D eigenvalue weighted by Crippen LogP contribution is 2.20. The molecule has 1 aromatic heterocycles. The zero-order chi connectivity index (χ0) is 25.7. The smallest absolute Gasteiger partial charge is 0.246 e. The van der Waals surface area contributed by atoms with Crippen molar-refractivity contribution in [3.05, 3.63) is 89.0 Å². The molecule has 0 aliphatic carbocycles. The van der Waals surface area contributed by atoms with Crippen molar-refractivity contribution >= 4 is 40.8 Å². The molecular weight excluding hydrogens is 450 g/mol. The monoisotopic (exact) mass is 481 g/mol. The number of hydrogen-bond acceptors (Lipinski definition) is 7. The number of hydrogen-bond donors (Lipinski definition) is 4. The Kier molecular flexibility index (Phi) is 7.44. The molecule has 1 atom stereocenters. The van der Waals surface area contributed by atoms with Crippen LogP contribution in [-0.4, -0.2) is 26.9 Å². The van der Waals surface area contributed by atoms with Gasteiger partial charge in [-0.05, 0) is 82.1 Å². The number of aromatic nitrogens is 3. The molecule has 0 aliphatic rings. The Hall–Kier alpha value is -4.46. The molecule has 1 unspecified atom stereocenters. The Morgan fingerprint density at radius 3 is 1.61 bits per heavy atom. The van der Waals surface area contributed by atoms with Crippen molar-refractivity contribution in [3.63, 3.8) is 0 Å². The molecule has 4 N–H and O–H groups in total. The zero-order valence-corrected chi connectivity index (χ0v) is 21.2. The molecule has 8 heteroatoms. The van der Waals surface area contributed by atoms with E-state index in [1.54, 1.807) is 6.92 Å². The standard InChI is InChI=1S/C28H31N7O/c1-17-6-11-22(12-7-17)31-27-33-26(34-28(35-27)32-23-13-8-18(2)9-14-23)29-21(5)25(36)30-24-15-10-19(3)20(4)16-24/h6-16,21H,1-5H3,(H,30,36)(H3,29,31,32,33,34,35). The van der Waals surface area contributed by atoms with Crippen LogP contribution in [0.15, 0.2) is 66.7 Å². The molecule has 4 aromatic rings. The van der Waals surface area contributed by atoms with E-state index in [2.05, 4.69) is 36.2 Å². The second-order valence-corrected chi connectivity index (χ2v) is 8.94. The van der Waals surface area contributed by atoms with E-state index >= 15 is 0 Å². The highest BCUT2D eigenvalue weighted by molar-refractivity contribution is 5.96. The molecule has 3 aromatic carbocycles. The number of anilines is 6. The minimum atomic E-state index is -0.589. The van der Waals surface area contributed by atoms with Gasteiger partial charge in [0.2, 0.25) is 23.8 Å². The van der Waals surface area contributed by atoms with Crippen LogP contribution in [0.4, 0.5) is 34.9 Å². The van der Waals surface area contributed by atoms with Gasteiger partial charge < -0.3 is 21.3 Å². The van der Waals surface area contributed by atoms with Crippen LogP contribution in [0.2, 0.25) is 0 Å². The number of rotatable bonds is 8. The van der Waals surface area contributed by atoms with E-state index in [1.807, 2.05) is 94.4 Å². The third-order valence-electron chi connectivity index (χ3n) is 5.76. The first-order valence-corrected chi connectivity index (χ1v) is 11.8. The number of amides is 1. The van der Waals surface area contributed by atoms with Crippen molar-refractivity contribution in [2.24, 2.45) is 0 Å². The lowest BCUT2D eigenvalue weighted by Crippen LogP contribution is -2.32. The number of nitrogens with one attached hydrogen (secondary N) is 4. The van der Waals surface area contributed by atoms with Crippen LogP contribution in [0.3, 0.4) is 0 Å². The SMILES string of the molecule is Cc1ccc(Nc2nc(Nc3ccc(C)cc3)nc(NC(C)C(=O)Nc3ccc(C)c(C)c3)n2)cc1. The van der Waals surface area contributed by atoms with E-state index in [4.69, 9.17) is 0 Å². The molecule has 0 fully saturated rings. The van der Waals surface area contributed by atoms with Crippen LogP contribution >= 0.6 is 0 Å². The normalized spacial score (nSPS) is 11.5. The van der Waals surface area contributed by atoms with E-state index in [0.29, 0.717) is 11.9 Å². The van der Waals surface area contributed by atoms with Gasteiger partial charge in [0, 0.05) is 17.1 Å². The molecular formula is C28H31N7O. The Bertz CT molecular complexity index is 1290. The average Bonchev–Trinajstić information content (AvgIpc) is 2.84. The van der Waals surface area contributed by atoms with E-state index in [0.717, 1.165) is 33.8 Å². The highest BCUT2D eigenvalue weighted by Gasteiger charge is 2.16. The lowest BCUT2D eigenvalue weighted by Gasteiger charge is -2.16. The van der Waals surface area contributed by atoms with Crippen LogP contribution < -0.4 is 21.3 Å². The molecule has 0 spiro atoms. The summed E-state index contributed by atoms with van der Waals surface area (Å²) in [6.07, 6.45) is 0. The molecule has 0 saturated heterocycles. The summed E-state index contributed by atoms with van der Waals surface area (Å²) in [6, 6.07) is 21.1. The van der Waals surface area contributed by atoms with Crippen LogP contribution in [0.1, 0.15) is 29.2 Å². The van der Waals surface area contributed by atoms with E-state index in [1.165, 1.54) is 5.56 Å². The maximum absolute atomic E-state index is 12.9. The van der Waals surface area contributed by atoms with Gasteiger partial charge in [0.15, 0.2) is 0 Å². The van der Waals surface area contributed by atoms with Crippen LogP contribution in [-0.2, 0) is 4.79 Å². The van der Waals surface area contributed by atoms with Crippen molar-refractivity contribution in [1.82, 2.24) is 15.0 Å². The fraction of sp³-hybridized carbons (Fsp3) is 0.214. The topological polar surface area (TPSA) is 104 Å². The van der Waals surface area contributed by atoms with Gasteiger partial charge in [0.1, 0.15) is 6.04 Å². The summed E-state index contributed by atoms with van der Waals surface area (Å²) in [6.45, 7) is 9.88. The van der Waals surface area contributed by atoms with Gasteiger partial charge in [-0.1, -0.05) is 41.5 Å². The van der Waals surface area contributed by atoms with Gasteiger partial charge in [0.25, 0.3) is 0 Å². The van der Waals surface area contributed by atoms with Gasteiger partial charge in [-0.25, -0.2) is 0 Å². The maximum Gasteiger partial charge on any atom is 0.246 e. The number of aryl methyl sites for hydroxylation is 4. The van der Waals surface area contributed by atoms with Gasteiger partial charge in [-0.3, -0.25) is 4.79 Å². The van der Waals surface area contributed by atoms with E-state index in [9.17, 15) is 4.79 Å². The Labute approximate surface area is 211 Å². The Balaban J connectivity index is 1.55. The van der Waals surface area contributed by atoms with Gasteiger partial charge in [-0.15, -0.1) is 0 Å². The number of carbonyl (C=O) groups is 1. The summed E-state index contributed by atoms with van der Waals surface area (Å²) in [5.74, 6) is 0.789. The Morgan fingerprint density at radius 1 is 0.639 bits per heavy atom. The first-order valence-electron chi connectivity index (χ1n) is 11.8. The van der Waals surface area contributed by atoms with Gasteiger partial charge in [0.05, 0.1) is 0 Å².